The van der Waals surface area contributed by atoms with Gasteiger partial charge in [-0.2, -0.15) is 0 Å². The Balaban J connectivity index is 1.41. The summed E-state index contributed by atoms with van der Waals surface area (Å²) < 4.78 is 1.10. The number of aromatic nitrogens is 1. The van der Waals surface area contributed by atoms with E-state index in [-0.39, 0.29) is 5.91 Å². The maximum Gasteiger partial charge on any atom is 0.227 e. The van der Waals surface area contributed by atoms with Gasteiger partial charge in [0.05, 0.1) is 16.1 Å². The zero-order valence-electron chi connectivity index (χ0n) is 15.5. The Hall–Kier alpha value is -2.11. The van der Waals surface area contributed by atoms with Crippen LogP contribution in [-0.4, -0.2) is 42.0 Å². The van der Waals surface area contributed by atoms with Crippen LogP contribution in [0.2, 0.25) is 5.02 Å². The summed E-state index contributed by atoms with van der Waals surface area (Å²) in [6, 6.07) is 12.2. The fourth-order valence-corrected chi connectivity index (χ4v) is 4.77. The number of para-hydroxylation sites is 1. The van der Waals surface area contributed by atoms with Gasteiger partial charge >= 0.3 is 0 Å². The van der Waals surface area contributed by atoms with Crippen LogP contribution in [0.1, 0.15) is 16.7 Å². The van der Waals surface area contributed by atoms with Crippen molar-refractivity contribution in [1.29, 1.82) is 0 Å². The average Bonchev–Trinajstić information content (AvgIpc) is 3.10. The minimum Gasteiger partial charge on any atom is -0.345 e. The van der Waals surface area contributed by atoms with Crippen LogP contribution in [0.25, 0.3) is 10.2 Å². The quantitative estimate of drug-likeness (QED) is 0.652. The number of halogens is 1. The van der Waals surface area contributed by atoms with E-state index in [1.54, 1.807) is 11.3 Å². The number of hydrogen-bond donors (Lipinski definition) is 0. The van der Waals surface area contributed by atoms with E-state index >= 15 is 0 Å². The number of aryl methyl sites for hydroxylation is 2. The number of carbonyl (C=O) groups is 1. The number of carbonyl (C=O) groups excluding carboxylic acids is 1. The number of amides is 1. The number of piperazine rings is 1. The van der Waals surface area contributed by atoms with Gasteiger partial charge in [-0.25, -0.2) is 4.98 Å². The van der Waals surface area contributed by atoms with Crippen molar-refractivity contribution in [2.75, 3.05) is 31.1 Å². The van der Waals surface area contributed by atoms with Crippen LogP contribution in [0, 0.1) is 13.8 Å². The van der Waals surface area contributed by atoms with Crippen molar-refractivity contribution in [1.82, 2.24) is 9.88 Å². The van der Waals surface area contributed by atoms with Gasteiger partial charge in [0.1, 0.15) is 5.52 Å². The van der Waals surface area contributed by atoms with E-state index in [1.807, 2.05) is 23.1 Å². The van der Waals surface area contributed by atoms with Crippen molar-refractivity contribution < 1.29 is 4.79 Å². The topological polar surface area (TPSA) is 36.4 Å². The molecule has 0 atom stereocenters. The molecule has 0 bridgehead atoms. The summed E-state index contributed by atoms with van der Waals surface area (Å²) in [6.07, 6.45) is 0.476. The largest absolute Gasteiger partial charge is 0.345 e. The number of thiazole rings is 1. The molecule has 27 heavy (non-hydrogen) atoms. The van der Waals surface area contributed by atoms with Gasteiger partial charge in [0, 0.05) is 26.2 Å². The molecule has 0 unspecified atom stereocenters. The van der Waals surface area contributed by atoms with Gasteiger partial charge in [0.15, 0.2) is 5.13 Å². The Labute approximate surface area is 168 Å². The first-order valence-electron chi connectivity index (χ1n) is 9.15. The molecule has 0 aliphatic carbocycles. The summed E-state index contributed by atoms with van der Waals surface area (Å²) >= 11 is 7.91. The smallest absolute Gasteiger partial charge is 0.227 e. The molecule has 0 N–H and O–H groups in total. The van der Waals surface area contributed by atoms with E-state index < -0.39 is 0 Å². The van der Waals surface area contributed by atoms with Gasteiger partial charge in [-0.15, -0.1) is 0 Å². The first kappa shape index (κ1) is 18.3. The Kier molecular flexibility index (Phi) is 5.06. The molecule has 4 nitrogen and oxygen atoms in total. The molecule has 1 amide bonds. The summed E-state index contributed by atoms with van der Waals surface area (Å²) in [6.45, 7) is 7.20. The summed E-state index contributed by atoms with van der Waals surface area (Å²) in [5.41, 5.74) is 4.37. The Morgan fingerprint density at radius 1 is 1.15 bits per heavy atom. The van der Waals surface area contributed by atoms with Crippen molar-refractivity contribution >= 4 is 44.2 Å². The Bertz CT molecular complexity index is 992. The summed E-state index contributed by atoms with van der Waals surface area (Å²) in [4.78, 5) is 21.7. The van der Waals surface area contributed by atoms with E-state index in [4.69, 9.17) is 16.6 Å². The van der Waals surface area contributed by atoms with Gasteiger partial charge < -0.3 is 9.80 Å². The minimum atomic E-state index is 0.204. The second kappa shape index (κ2) is 7.49. The van der Waals surface area contributed by atoms with E-state index in [0.717, 1.165) is 47.1 Å². The fourth-order valence-electron chi connectivity index (χ4n) is 3.45. The van der Waals surface area contributed by atoms with Gasteiger partial charge in [-0.3, -0.25) is 4.79 Å². The standard InChI is InChI=1S/C21H22ClN3OS/c1-14-6-7-15(2)16(12-14)13-19(26)24-8-10-25(11-9-24)21-23-20-17(22)4-3-5-18(20)27-21/h3-7,12H,8-11,13H2,1-2H3. The van der Waals surface area contributed by atoms with Crippen LogP contribution < -0.4 is 4.90 Å². The van der Waals surface area contributed by atoms with Crippen LogP contribution in [0.3, 0.4) is 0 Å². The van der Waals surface area contributed by atoms with Crippen LogP contribution in [-0.2, 0) is 11.2 Å². The molecule has 4 rings (SSSR count). The zero-order valence-corrected chi connectivity index (χ0v) is 17.1. The lowest BCUT2D eigenvalue weighted by Crippen LogP contribution is -2.49. The van der Waals surface area contributed by atoms with Gasteiger partial charge in [0.25, 0.3) is 0 Å². The number of nitrogens with zero attached hydrogens (tertiary/aromatic N) is 3. The number of benzene rings is 2. The molecule has 3 aromatic rings. The van der Waals surface area contributed by atoms with Gasteiger partial charge in [-0.1, -0.05) is 52.8 Å². The lowest BCUT2D eigenvalue weighted by molar-refractivity contribution is -0.130. The maximum absolute atomic E-state index is 12.7. The molecular weight excluding hydrogens is 378 g/mol. The van der Waals surface area contributed by atoms with E-state index in [0.29, 0.717) is 11.4 Å². The van der Waals surface area contributed by atoms with Crippen molar-refractivity contribution in [2.45, 2.75) is 20.3 Å². The SMILES string of the molecule is Cc1ccc(C)c(CC(=O)N2CCN(c3nc4c(Cl)cccc4s3)CC2)c1. The number of hydrogen-bond acceptors (Lipinski definition) is 4. The zero-order chi connectivity index (χ0) is 19.0. The molecule has 2 heterocycles. The second-order valence-electron chi connectivity index (χ2n) is 7.06. The molecule has 2 aromatic carbocycles. The van der Waals surface area contributed by atoms with E-state index in [9.17, 15) is 4.79 Å². The monoisotopic (exact) mass is 399 g/mol. The molecule has 1 fully saturated rings. The lowest BCUT2D eigenvalue weighted by atomic mass is 10.0. The highest BCUT2D eigenvalue weighted by atomic mass is 35.5. The normalized spacial score (nSPS) is 14.8. The first-order valence-corrected chi connectivity index (χ1v) is 10.3. The van der Waals surface area contributed by atoms with Crippen molar-refractivity contribution in [3.8, 4) is 0 Å². The Morgan fingerprint density at radius 3 is 2.67 bits per heavy atom. The number of fused-ring (bicyclic) bond motifs is 1. The molecule has 1 aliphatic rings. The first-order chi connectivity index (χ1) is 13.0. The average molecular weight is 400 g/mol. The predicted octanol–water partition coefficient (Wildman–Crippen LogP) is 4.46. The molecule has 0 spiro atoms. The second-order valence-corrected chi connectivity index (χ2v) is 8.47. The molecule has 0 saturated carbocycles. The van der Waals surface area contributed by atoms with E-state index in [1.165, 1.54) is 11.1 Å². The van der Waals surface area contributed by atoms with Crippen LogP contribution in [0.15, 0.2) is 36.4 Å². The maximum atomic E-state index is 12.7. The summed E-state index contributed by atoms with van der Waals surface area (Å²) in [7, 11) is 0. The molecule has 0 radical (unpaired) electrons. The van der Waals surface area contributed by atoms with Gasteiger partial charge in [-0.05, 0) is 37.1 Å². The third kappa shape index (κ3) is 3.80. The molecule has 140 valence electrons. The molecule has 1 aromatic heterocycles. The molecule has 6 heteroatoms. The molecule has 1 saturated heterocycles. The Morgan fingerprint density at radius 2 is 1.93 bits per heavy atom. The summed E-state index contributed by atoms with van der Waals surface area (Å²) in [5, 5.41) is 1.68. The highest BCUT2D eigenvalue weighted by Gasteiger charge is 2.23. The van der Waals surface area contributed by atoms with Gasteiger partial charge in [0.2, 0.25) is 5.91 Å². The van der Waals surface area contributed by atoms with Crippen LogP contribution >= 0.6 is 22.9 Å². The third-order valence-corrected chi connectivity index (χ3v) is 6.49. The lowest BCUT2D eigenvalue weighted by Gasteiger charge is -2.34. The number of anilines is 1. The fraction of sp³-hybridized carbons (Fsp3) is 0.333. The molecular formula is C21H22ClN3OS. The minimum absolute atomic E-state index is 0.204. The van der Waals surface area contributed by atoms with E-state index in [2.05, 4.69) is 36.9 Å². The van der Waals surface area contributed by atoms with Crippen molar-refractivity contribution in [2.24, 2.45) is 0 Å². The van der Waals surface area contributed by atoms with Crippen LogP contribution in [0.5, 0.6) is 0 Å². The molecule has 1 aliphatic heterocycles. The third-order valence-electron chi connectivity index (χ3n) is 5.11. The highest BCUT2D eigenvalue weighted by molar-refractivity contribution is 7.22. The highest BCUT2D eigenvalue weighted by Crippen LogP contribution is 2.33. The number of rotatable bonds is 3. The van der Waals surface area contributed by atoms with Crippen molar-refractivity contribution in [3.63, 3.8) is 0 Å². The van der Waals surface area contributed by atoms with Crippen LogP contribution in [0.4, 0.5) is 5.13 Å². The van der Waals surface area contributed by atoms with Crippen molar-refractivity contribution in [3.05, 3.63) is 58.1 Å². The predicted molar refractivity (Wildman–Crippen MR) is 113 cm³/mol. The summed E-state index contributed by atoms with van der Waals surface area (Å²) in [5.74, 6) is 0.204.